The molecule has 0 aliphatic heterocycles. The van der Waals surface area contributed by atoms with E-state index in [1.54, 1.807) is 35.9 Å². The quantitative estimate of drug-likeness (QED) is 0.202. The maximum absolute atomic E-state index is 14.0. The van der Waals surface area contributed by atoms with Gasteiger partial charge in [-0.25, -0.2) is 8.78 Å². The standard InChI is InChI=1S/C30H33F2N5O2S/c1-3-20-8-7-9-21(12-20)17-34-18-26(27(33)15-22-13-24(31)16-25(32)14-22)30(28(38)39,23-10-5-4-6-11-23)40-29-36-35-19-37(29)2/h4-14,16,19,26-27,34H,3,15,17-18,33H2,1-2H3,(H,38,39)/t26-,27+,30?/m1/s1. The van der Waals surface area contributed by atoms with Gasteiger partial charge in [-0.2, -0.15) is 0 Å². The van der Waals surface area contributed by atoms with E-state index in [1.807, 2.05) is 18.2 Å². The van der Waals surface area contributed by atoms with E-state index in [1.165, 1.54) is 24.0 Å². The van der Waals surface area contributed by atoms with Gasteiger partial charge in [-0.3, -0.25) is 4.79 Å². The molecule has 0 fully saturated rings. The third-order valence-electron chi connectivity index (χ3n) is 6.97. The summed E-state index contributed by atoms with van der Waals surface area (Å²) < 4.78 is 28.1. The van der Waals surface area contributed by atoms with E-state index < -0.39 is 34.3 Å². The Kier molecular flexibility index (Phi) is 9.67. The molecule has 0 aliphatic rings. The smallest absolute Gasteiger partial charge is 0.325 e. The summed E-state index contributed by atoms with van der Waals surface area (Å²) in [6, 6.07) is 19.5. The van der Waals surface area contributed by atoms with Crippen molar-refractivity contribution in [3.8, 4) is 0 Å². The van der Waals surface area contributed by atoms with Crippen LogP contribution in [-0.4, -0.2) is 38.4 Å². The van der Waals surface area contributed by atoms with Gasteiger partial charge < -0.3 is 20.7 Å². The van der Waals surface area contributed by atoms with Crippen molar-refractivity contribution in [2.45, 2.75) is 42.3 Å². The van der Waals surface area contributed by atoms with Crippen molar-refractivity contribution in [3.63, 3.8) is 0 Å². The first-order valence-electron chi connectivity index (χ1n) is 13.0. The molecule has 3 atom stereocenters. The zero-order valence-electron chi connectivity index (χ0n) is 22.4. The van der Waals surface area contributed by atoms with Gasteiger partial charge >= 0.3 is 5.97 Å². The molecule has 0 radical (unpaired) electrons. The zero-order valence-corrected chi connectivity index (χ0v) is 23.2. The maximum Gasteiger partial charge on any atom is 0.325 e. The van der Waals surface area contributed by atoms with Gasteiger partial charge in [0.15, 0.2) is 9.90 Å². The second-order valence-electron chi connectivity index (χ2n) is 9.79. The summed E-state index contributed by atoms with van der Waals surface area (Å²) in [6.45, 7) is 2.79. The number of nitrogens with two attached hydrogens (primary N) is 1. The number of thioether (sulfide) groups is 1. The number of nitrogens with zero attached hydrogens (tertiary/aromatic N) is 3. The van der Waals surface area contributed by atoms with E-state index in [-0.39, 0.29) is 13.0 Å². The Hall–Kier alpha value is -3.60. The average Bonchev–Trinajstić information content (AvgIpc) is 3.33. The number of carboxylic acids is 1. The minimum absolute atomic E-state index is 0.0631. The lowest BCUT2D eigenvalue weighted by atomic mass is 9.78. The topological polar surface area (TPSA) is 106 Å². The molecule has 0 bridgehead atoms. The van der Waals surface area contributed by atoms with Crippen molar-refractivity contribution in [2.75, 3.05) is 6.54 Å². The van der Waals surface area contributed by atoms with Crippen LogP contribution in [0.2, 0.25) is 0 Å². The van der Waals surface area contributed by atoms with Crippen molar-refractivity contribution in [1.82, 2.24) is 20.1 Å². The van der Waals surface area contributed by atoms with Crippen LogP contribution in [0.3, 0.4) is 0 Å². The van der Waals surface area contributed by atoms with Gasteiger partial charge in [0.25, 0.3) is 0 Å². The van der Waals surface area contributed by atoms with Crippen LogP contribution in [0.4, 0.5) is 8.78 Å². The van der Waals surface area contributed by atoms with Gasteiger partial charge in [-0.1, -0.05) is 73.3 Å². The van der Waals surface area contributed by atoms with Crippen molar-refractivity contribution in [2.24, 2.45) is 18.7 Å². The summed E-state index contributed by atoms with van der Waals surface area (Å²) in [6.07, 6.45) is 2.47. The van der Waals surface area contributed by atoms with Crippen LogP contribution in [0.15, 0.2) is 84.3 Å². The number of aromatic nitrogens is 3. The van der Waals surface area contributed by atoms with Crippen LogP contribution < -0.4 is 11.1 Å². The van der Waals surface area contributed by atoms with Crippen LogP contribution in [-0.2, 0) is 36.0 Å². The Bertz CT molecular complexity index is 1410. The first-order valence-corrected chi connectivity index (χ1v) is 13.9. The summed E-state index contributed by atoms with van der Waals surface area (Å²) in [5.41, 5.74) is 9.92. The molecule has 3 aromatic carbocycles. The van der Waals surface area contributed by atoms with E-state index in [0.29, 0.717) is 22.8 Å². The maximum atomic E-state index is 14.0. The Morgan fingerprint density at radius 1 is 1.05 bits per heavy atom. The van der Waals surface area contributed by atoms with Crippen molar-refractivity contribution < 1.29 is 18.7 Å². The lowest BCUT2D eigenvalue weighted by Gasteiger charge is -2.40. The minimum atomic E-state index is -1.61. The first-order chi connectivity index (χ1) is 19.2. The molecule has 1 unspecified atom stereocenters. The highest BCUT2D eigenvalue weighted by Crippen LogP contribution is 2.48. The number of aryl methyl sites for hydroxylation is 2. The molecule has 0 amide bonds. The fourth-order valence-corrected chi connectivity index (χ4v) is 6.26. The van der Waals surface area contributed by atoms with Gasteiger partial charge in [0.05, 0.1) is 0 Å². The van der Waals surface area contributed by atoms with Gasteiger partial charge in [0.2, 0.25) is 0 Å². The van der Waals surface area contributed by atoms with Crippen LogP contribution in [0.1, 0.15) is 29.2 Å². The Morgan fingerprint density at radius 3 is 2.38 bits per heavy atom. The van der Waals surface area contributed by atoms with Crippen LogP contribution in [0.5, 0.6) is 0 Å². The van der Waals surface area contributed by atoms with Crippen molar-refractivity contribution in [1.29, 1.82) is 0 Å². The Balaban J connectivity index is 1.76. The van der Waals surface area contributed by atoms with E-state index in [4.69, 9.17) is 5.73 Å². The number of hydrogen-bond acceptors (Lipinski definition) is 6. The molecule has 0 spiro atoms. The lowest BCUT2D eigenvalue weighted by Crippen LogP contribution is -2.53. The van der Waals surface area contributed by atoms with Crippen LogP contribution in [0, 0.1) is 17.6 Å². The molecule has 7 nitrogen and oxygen atoms in total. The predicted molar refractivity (Wildman–Crippen MR) is 152 cm³/mol. The molecule has 210 valence electrons. The molecule has 0 aliphatic carbocycles. The number of aliphatic carboxylic acids is 1. The monoisotopic (exact) mass is 565 g/mol. The summed E-state index contributed by atoms with van der Waals surface area (Å²) in [5, 5.41) is 22.9. The molecule has 0 saturated heterocycles. The average molecular weight is 566 g/mol. The second-order valence-corrected chi connectivity index (χ2v) is 11.0. The molecule has 10 heteroatoms. The van der Waals surface area contributed by atoms with Gasteiger partial charge in [0, 0.05) is 38.2 Å². The third kappa shape index (κ3) is 6.75. The summed E-state index contributed by atoms with van der Waals surface area (Å²) >= 11 is 1.06. The lowest BCUT2D eigenvalue weighted by molar-refractivity contribution is -0.142. The zero-order chi connectivity index (χ0) is 28.7. The molecule has 4 aromatic rings. The van der Waals surface area contributed by atoms with Gasteiger partial charge in [-0.15, -0.1) is 10.2 Å². The van der Waals surface area contributed by atoms with E-state index >= 15 is 0 Å². The fourth-order valence-electron chi connectivity index (χ4n) is 4.94. The molecule has 0 saturated carbocycles. The Labute approximate surface area is 236 Å². The largest absolute Gasteiger partial charge is 0.480 e. The van der Waals surface area contributed by atoms with Crippen LogP contribution in [0.25, 0.3) is 0 Å². The summed E-state index contributed by atoms with van der Waals surface area (Å²) in [4.78, 5) is 13.4. The number of hydrogen-bond donors (Lipinski definition) is 3. The third-order valence-corrected chi connectivity index (χ3v) is 8.56. The number of carboxylic acid groups (broad SMARTS) is 1. The summed E-state index contributed by atoms with van der Waals surface area (Å²) in [7, 11) is 1.74. The van der Waals surface area contributed by atoms with Crippen molar-refractivity contribution in [3.05, 3.63) is 113 Å². The highest BCUT2D eigenvalue weighted by atomic mass is 32.2. The molecular formula is C30H33F2N5O2S. The number of carbonyl (C=O) groups is 1. The number of nitrogens with one attached hydrogen (secondary N) is 1. The fraction of sp³-hybridized carbons (Fsp3) is 0.300. The summed E-state index contributed by atoms with van der Waals surface area (Å²) in [5.74, 6) is -3.27. The SMILES string of the molecule is CCc1cccc(CNC[C@H]([C@@H](N)Cc2cc(F)cc(F)c2)C(Sc2nncn2C)(C(=O)O)c2ccccc2)c1. The molecule has 1 heterocycles. The second kappa shape index (κ2) is 13.2. The molecule has 4 rings (SSSR count). The van der Waals surface area contributed by atoms with Crippen LogP contribution >= 0.6 is 11.8 Å². The Morgan fingerprint density at radius 2 is 1.75 bits per heavy atom. The van der Waals surface area contributed by atoms with Crippen molar-refractivity contribution >= 4 is 17.7 Å². The highest BCUT2D eigenvalue weighted by molar-refractivity contribution is 8.00. The normalized spacial score (nSPS) is 14.4. The first kappa shape index (κ1) is 29.4. The van der Waals surface area contributed by atoms with Gasteiger partial charge in [0.1, 0.15) is 18.0 Å². The minimum Gasteiger partial charge on any atom is -0.480 e. The molecule has 40 heavy (non-hydrogen) atoms. The molecular weight excluding hydrogens is 532 g/mol. The van der Waals surface area contributed by atoms with E-state index in [0.717, 1.165) is 29.8 Å². The molecule has 4 N–H and O–H groups in total. The number of halogens is 2. The highest BCUT2D eigenvalue weighted by Gasteiger charge is 2.51. The van der Waals surface area contributed by atoms with E-state index in [2.05, 4.69) is 34.6 Å². The van der Waals surface area contributed by atoms with E-state index in [9.17, 15) is 18.7 Å². The number of rotatable bonds is 13. The molecule has 1 aromatic heterocycles. The number of benzene rings is 3. The van der Waals surface area contributed by atoms with Gasteiger partial charge in [-0.05, 0) is 47.2 Å². The predicted octanol–water partition coefficient (Wildman–Crippen LogP) is 4.70.